The molecule has 2 saturated heterocycles. The topological polar surface area (TPSA) is 197 Å². The summed E-state index contributed by atoms with van der Waals surface area (Å²) in [5, 5.41) is 6.24. The number of amides is 4. The summed E-state index contributed by atoms with van der Waals surface area (Å²) >= 11 is 0. The van der Waals surface area contributed by atoms with Crippen LogP contribution in [0.1, 0.15) is 72.6 Å². The number of hydrogen-bond donors (Lipinski definition) is 4. The van der Waals surface area contributed by atoms with Crippen molar-refractivity contribution in [1.29, 1.82) is 0 Å². The molecule has 7 aromatic rings. The molecule has 16 heteroatoms. The molecule has 4 N–H and O–H groups in total. The van der Waals surface area contributed by atoms with Gasteiger partial charge in [-0.3, -0.25) is 9.59 Å². The molecule has 4 atom stereocenters. The third-order valence-electron chi connectivity index (χ3n) is 12.3. The van der Waals surface area contributed by atoms with Gasteiger partial charge in [0, 0.05) is 41.9 Å². The number of hydrogen-bond acceptors (Lipinski definition) is 10. The molecular weight excluding hydrogens is 839 g/mol. The molecule has 0 saturated carbocycles. The number of fused-ring (bicyclic) bond motifs is 1. The predicted molar refractivity (Wildman–Crippen MR) is 246 cm³/mol. The van der Waals surface area contributed by atoms with Crippen LogP contribution >= 0.6 is 0 Å². The number of rotatable bonds is 12. The number of ether oxygens (including phenoxy) is 3. The van der Waals surface area contributed by atoms with Crippen molar-refractivity contribution in [3.63, 3.8) is 0 Å². The van der Waals surface area contributed by atoms with Crippen LogP contribution in [0.4, 0.5) is 9.59 Å². The molecule has 2 aliphatic rings. The lowest BCUT2D eigenvalue weighted by Crippen LogP contribution is -2.42. The molecular formula is C50H49N9O7. The number of aromatic amines is 2. The van der Waals surface area contributed by atoms with Crippen molar-refractivity contribution in [2.75, 3.05) is 34.4 Å². The first-order valence-corrected chi connectivity index (χ1v) is 21.8. The lowest BCUT2D eigenvalue weighted by atomic mass is 10.0. The third-order valence-corrected chi connectivity index (χ3v) is 12.3. The zero-order valence-electron chi connectivity index (χ0n) is 36.7. The molecule has 0 bridgehead atoms. The highest BCUT2D eigenvalue weighted by Gasteiger charge is 2.38. The lowest BCUT2D eigenvalue weighted by Gasteiger charge is -2.28. The second kappa shape index (κ2) is 19.0. The number of alkyl carbamates (subject to hydrolysis) is 2. The number of benzene rings is 4. The Labute approximate surface area is 380 Å². The maximum Gasteiger partial charge on any atom is 0.407 e. The molecule has 2 aliphatic heterocycles. The van der Waals surface area contributed by atoms with E-state index in [1.54, 1.807) is 23.1 Å². The van der Waals surface area contributed by atoms with E-state index in [0.717, 1.165) is 64.7 Å². The molecule has 0 aliphatic carbocycles. The molecule has 4 amide bonds. The van der Waals surface area contributed by atoms with Crippen LogP contribution in [0.15, 0.2) is 122 Å². The average molecular weight is 888 g/mol. The van der Waals surface area contributed by atoms with Crippen LogP contribution in [0.3, 0.4) is 0 Å². The Kier molecular flexibility index (Phi) is 12.4. The largest absolute Gasteiger partial charge is 0.496 e. The first kappa shape index (κ1) is 43.3. The van der Waals surface area contributed by atoms with Crippen molar-refractivity contribution in [3.8, 4) is 39.5 Å². The second-order valence-corrected chi connectivity index (χ2v) is 16.2. The molecule has 0 spiro atoms. The van der Waals surface area contributed by atoms with E-state index < -0.39 is 24.3 Å². The molecule has 9 rings (SSSR count). The molecule has 0 radical (unpaired) electrons. The first-order chi connectivity index (χ1) is 32.2. The summed E-state index contributed by atoms with van der Waals surface area (Å²) in [6.45, 7) is 1.06. The van der Waals surface area contributed by atoms with E-state index >= 15 is 0 Å². The van der Waals surface area contributed by atoms with E-state index in [-0.39, 0.29) is 23.9 Å². The van der Waals surface area contributed by atoms with E-state index in [2.05, 4.69) is 20.6 Å². The van der Waals surface area contributed by atoms with Gasteiger partial charge in [0.2, 0.25) is 0 Å². The van der Waals surface area contributed by atoms with Crippen LogP contribution in [-0.2, 0) is 19.1 Å². The van der Waals surface area contributed by atoms with Crippen LogP contribution in [0.2, 0.25) is 0 Å². The Morgan fingerprint density at radius 2 is 1.21 bits per heavy atom. The number of nitrogens with zero attached hydrogens (tertiary/aromatic N) is 5. The fraction of sp³-hybridized carbons (Fsp3) is 0.260. The highest BCUT2D eigenvalue weighted by molar-refractivity contribution is 5.92. The van der Waals surface area contributed by atoms with E-state index in [4.69, 9.17) is 29.2 Å². The summed E-state index contributed by atoms with van der Waals surface area (Å²) in [4.78, 5) is 77.5. The number of carbonyl (C=O) groups excluding carboxylic acids is 4. The summed E-state index contributed by atoms with van der Waals surface area (Å²) in [6, 6.07) is 31.7. The standard InChI is InChI=1S/C50H49N9O7/c1-64-42-27-37(30-18-20-31(21-19-30)38-28-51-45(54-38)40-16-10-24-58(40)47(60)43(56-49(62)65-2)32-12-6-4-7-13-32)53-36-23-22-34(26-35(36)42)39-29-52-46(55-39)41-17-11-25-59(41)48(61)44(57-50(63)66-3)33-14-8-5-9-15-33/h4-9,12-15,18-23,26-29,40-41,43-44H,10-11,16-17,24-25H2,1-3H3,(H,51,54)(H,52,55)(H,56,62)(H,57,63)/t40-,41?,43+,44+/m0/s1. The smallest absolute Gasteiger partial charge is 0.407 e. The molecule has 4 aromatic carbocycles. The molecule has 336 valence electrons. The van der Waals surface area contributed by atoms with E-state index in [1.165, 1.54) is 14.2 Å². The summed E-state index contributed by atoms with van der Waals surface area (Å²) in [5.74, 6) is 1.52. The minimum absolute atomic E-state index is 0.229. The van der Waals surface area contributed by atoms with E-state index in [0.29, 0.717) is 47.3 Å². The van der Waals surface area contributed by atoms with Gasteiger partial charge < -0.3 is 44.6 Å². The van der Waals surface area contributed by atoms with Gasteiger partial charge >= 0.3 is 12.2 Å². The Morgan fingerprint density at radius 3 is 1.79 bits per heavy atom. The Bertz CT molecular complexity index is 2870. The average Bonchev–Trinajstić information content (AvgIpc) is 4.22. The molecule has 16 nitrogen and oxygen atoms in total. The van der Waals surface area contributed by atoms with Crippen molar-refractivity contribution < 1.29 is 33.4 Å². The summed E-state index contributed by atoms with van der Waals surface area (Å²) in [6.07, 6.45) is 5.29. The number of H-pyrrole nitrogens is 2. The molecule has 5 heterocycles. The Morgan fingerprint density at radius 1 is 0.652 bits per heavy atom. The fourth-order valence-corrected chi connectivity index (χ4v) is 8.98. The van der Waals surface area contributed by atoms with Crippen LogP contribution in [0.5, 0.6) is 5.75 Å². The van der Waals surface area contributed by atoms with Crippen molar-refractivity contribution in [2.24, 2.45) is 0 Å². The van der Waals surface area contributed by atoms with Crippen molar-refractivity contribution in [3.05, 3.63) is 144 Å². The van der Waals surface area contributed by atoms with Crippen molar-refractivity contribution >= 4 is 34.9 Å². The summed E-state index contributed by atoms with van der Waals surface area (Å²) in [5.41, 5.74) is 6.99. The lowest BCUT2D eigenvalue weighted by molar-refractivity contribution is -0.135. The SMILES string of the molecule is COC(=O)N[C@@H](C(=O)N1CCCC1c1nc(-c2ccc3nc(-c4ccc(-c5cnc([C@@H]6CCCN6C(=O)[C@H](NC(=O)OC)c6ccccc6)[nH]5)cc4)cc(OC)c3c2)c[nH]1)c1ccccc1. The maximum atomic E-state index is 14.0. The number of carbonyl (C=O) groups is 4. The van der Waals surface area contributed by atoms with Crippen molar-refractivity contribution in [1.82, 2.24) is 45.4 Å². The molecule has 66 heavy (non-hydrogen) atoms. The number of aromatic nitrogens is 5. The summed E-state index contributed by atoms with van der Waals surface area (Å²) in [7, 11) is 4.18. The first-order valence-electron chi connectivity index (χ1n) is 21.8. The predicted octanol–water partition coefficient (Wildman–Crippen LogP) is 8.21. The van der Waals surface area contributed by atoms with Gasteiger partial charge in [-0.2, -0.15) is 0 Å². The third kappa shape index (κ3) is 8.76. The molecule has 2 fully saturated rings. The van der Waals surface area contributed by atoms with Crippen LogP contribution < -0.4 is 15.4 Å². The minimum Gasteiger partial charge on any atom is -0.496 e. The zero-order valence-corrected chi connectivity index (χ0v) is 36.7. The van der Waals surface area contributed by atoms with Crippen LogP contribution in [0, 0.1) is 0 Å². The minimum atomic E-state index is -0.908. The number of imidazole rings is 2. The quantitative estimate of drug-likeness (QED) is 0.0928. The van der Waals surface area contributed by atoms with Crippen molar-refractivity contribution in [2.45, 2.75) is 49.9 Å². The van der Waals surface area contributed by atoms with E-state index in [1.807, 2.05) is 115 Å². The number of nitrogens with one attached hydrogen (secondary N) is 4. The Balaban J connectivity index is 0.905. The summed E-state index contributed by atoms with van der Waals surface area (Å²) < 4.78 is 15.6. The maximum absolute atomic E-state index is 14.0. The number of methoxy groups -OCH3 is 3. The van der Waals surface area contributed by atoms with Gasteiger partial charge in [0.25, 0.3) is 11.8 Å². The van der Waals surface area contributed by atoms with Crippen LogP contribution in [-0.4, -0.2) is 93.1 Å². The number of pyridine rings is 1. The second-order valence-electron chi connectivity index (χ2n) is 16.2. The zero-order chi connectivity index (χ0) is 45.7. The van der Waals surface area contributed by atoms with Crippen LogP contribution in [0.25, 0.3) is 44.7 Å². The van der Waals surface area contributed by atoms with Gasteiger partial charge in [0.1, 0.15) is 29.5 Å². The molecule has 1 unspecified atom stereocenters. The highest BCUT2D eigenvalue weighted by Crippen LogP contribution is 2.38. The Hall–Kier alpha value is -8.01. The number of likely N-dealkylation sites (tertiary alicyclic amines) is 2. The van der Waals surface area contributed by atoms with Gasteiger partial charge in [-0.05, 0) is 54.5 Å². The monoisotopic (exact) mass is 887 g/mol. The normalized spacial score (nSPS) is 16.7. The van der Waals surface area contributed by atoms with Gasteiger partial charge in [0.05, 0.1) is 62.2 Å². The van der Waals surface area contributed by atoms with Gasteiger partial charge in [-0.25, -0.2) is 24.5 Å². The van der Waals surface area contributed by atoms with Gasteiger partial charge in [-0.1, -0.05) is 91.0 Å². The van der Waals surface area contributed by atoms with Gasteiger partial charge in [0.15, 0.2) is 0 Å². The fourth-order valence-electron chi connectivity index (χ4n) is 8.98. The van der Waals surface area contributed by atoms with E-state index in [9.17, 15) is 19.2 Å². The van der Waals surface area contributed by atoms with Gasteiger partial charge in [-0.15, -0.1) is 0 Å². The molecule has 3 aromatic heterocycles. The highest BCUT2D eigenvalue weighted by atomic mass is 16.5.